The molecule has 3 N–H and O–H groups in total. The summed E-state index contributed by atoms with van der Waals surface area (Å²) in [5.74, 6) is -1.09. The molecule has 0 aliphatic carbocycles. The Morgan fingerprint density at radius 1 is 1.40 bits per heavy atom. The third-order valence-corrected chi connectivity index (χ3v) is 2.52. The molecule has 110 valence electrons. The first kappa shape index (κ1) is 15.6. The van der Waals surface area contributed by atoms with Crippen LogP contribution in [-0.4, -0.2) is 40.0 Å². The molecule has 0 saturated heterocycles. The van der Waals surface area contributed by atoms with E-state index < -0.39 is 17.9 Å². The van der Waals surface area contributed by atoms with Crippen molar-refractivity contribution in [2.75, 3.05) is 7.11 Å². The smallest absolute Gasteiger partial charge is 0.360 e. The van der Waals surface area contributed by atoms with Crippen LogP contribution >= 0.6 is 0 Å². The number of primary amides is 1. The van der Waals surface area contributed by atoms with Crippen molar-refractivity contribution < 1.29 is 19.1 Å². The van der Waals surface area contributed by atoms with Crippen molar-refractivity contribution in [3.8, 4) is 0 Å². The van der Waals surface area contributed by atoms with Crippen LogP contribution in [0.15, 0.2) is 0 Å². The molecule has 0 spiro atoms. The number of nitrogens with one attached hydrogen (secondary N) is 1. The lowest BCUT2D eigenvalue weighted by Gasteiger charge is -2.06. The zero-order valence-corrected chi connectivity index (χ0v) is 11.4. The van der Waals surface area contributed by atoms with Crippen LogP contribution in [0.4, 0.5) is 4.79 Å². The summed E-state index contributed by atoms with van der Waals surface area (Å²) >= 11 is 0. The van der Waals surface area contributed by atoms with E-state index in [9.17, 15) is 14.4 Å². The molecule has 1 aromatic heterocycles. The average Bonchev–Trinajstić information content (AvgIpc) is 2.78. The van der Waals surface area contributed by atoms with Crippen LogP contribution in [0.3, 0.4) is 0 Å². The van der Waals surface area contributed by atoms with Crippen LogP contribution < -0.4 is 11.1 Å². The summed E-state index contributed by atoms with van der Waals surface area (Å²) in [5, 5.41) is 9.54. The standard InChI is InChI=1S/C11H17N5O4/c1-3-4-7-9(10(18)20-2)14-15-16(7)6-5-8(17)13-11(12)19/h3-6H2,1-2H3,(H3,12,13,17,19). The van der Waals surface area contributed by atoms with E-state index in [0.29, 0.717) is 12.1 Å². The first-order chi connectivity index (χ1) is 9.49. The van der Waals surface area contributed by atoms with Crippen LogP contribution in [-0.2, 0) is 22.5 Å². The third-order valence-electron chi connectivity index (χ3n) is 2.52. The highest BCUT2D eigenvalue weighted by Gasteiger charge is 2.19. The highest BCUT2D eigenvalue weighted by atomic mass is 16.5. The number of nitrogens with zero attached hydrogens (tertiary/aromatic N) is 3. The summed E-state index contributed by atoms with van der Waals surface area (Å²) in [5.41, 5.74) is 5.58. The van der Waals surface area contributed by atoms with Crippen molar-refractivity contribution in [3.05, 3.63) is 11.4 Å². The number of imide groups is 1. The maximum Gasteiger partial charge on any atom is 0.360 e. The molecule has 9 heteroatoms. The van der Waals surface area contributed by atoms with Gasteiger partial charge in [-0.2, -0.15) is 0 Å². The lowest BCUT2D eigenvalue weighted by atomic mass is 10.2. The predicted octanol–water partition coefficient (Wildman–Crippen LogP) is -0.398. The van der Waals surface area contributed by atoms with Crippen LogP contribution in [0, 0.1) is 0 Å². The Morgan fingerprint density at radius 3 is 2.65 bits per heavy atom. The number of nitrogens with two attached hydrogens (primary N) is 1. The number of methoxy groups -OCH3 is 1. The van der Waals surface area contributed by atoms with E-state index in [1.165, 1.54) is 11.8 Å². The molecule has 3 amide bonds. The number of ether oxygens (including phenoxy) is 1. The van der Waals surface area contributed by atoms with E-state index in [1.54, 1.807) is 0 Å². The van der Waals surface area contributed by atoms with Crippen LogP contribution in [0.2, 0.25) is 0 Å². The van der Waals surface area contributed by atoms with E-state index in [1.807, 2.05) is 12.2 Å². The number of rotatable bonds is 6. The van der Waals surface area contributed by atoms with Crippen molar-refractivity contribution in [2.24, 2.45) is 5.73 Å². The number of carbonyl (C=O) groups excluding carboxylic acids is 3. The fourth-order valence-corrected chi connectivity index (χ4v) is 1.66. The summed E-state index contributed by atoms with van der Waals surface area (Å²) < 4.78 is 6.07. The molecule has 9 nitrogen and oxygen atoms in total. The first-order valence-electron chi connectivity index (χ1n) is 6.09. The number of esters is 1. The van der Waals surface area contributed by atoms with Crippen LogP contribution in [0.25, 0.3) is 0 Å². The number of aromatic nitrogens is 3. The van der Waals surface area contributed by atoms with Gasteiger partial charge in [0, 0.05) is 6.42 Å². The Balaban J connectivity index is 2.79. The maximum atomic E-state index is 11.5. The number of urea groups is 1. The third kappa shape index (κ3) is 4.04. The van der Waals surface area contributed by atoms with Crippen molar-refractivity contribution >= 4 is 17.9 Å². The zero-order chi connectivity index (χ0) is 15.1. The molecule has 0 aliphatic rings. The number of carbonyl (C=O) groups is 3. The van der Waals surface area contributed by atoms with Gasteiger partial charge in [-0.15, -0.1) is 5.10 Å². The van der Waals surface area contributed by atoms with E-state index >= 15 is 0 Å². The fraction of sp³-hybridized carbons (Fsp3) is 0.545. The van der Waals surface area contributed by atoms with Gasteiger partial charge < -0.3 is 10.5 Å². The van der Waals surface area contributed by atoms with Gasteiger partial charge >= 0.3 is 12.0 Å². The topological polar surface area (TPSA) is 129 Å². The second kappa shape index (κ2) is 7.22. The molecule has 0 atom stereocenters. The average molecular weight is 283 g/mol. The van der Waals surface area contributed by atoms with Gasteiger partial charge in [-0.25, -0.2) is 14.3 Å². The lowest BCUT2D eigenvalue weighted by Crippen LogP contribution is -2.35. The minimum absolute atomic E-state index is 0.00360. The van der Waals surface area contributed by atoms with Crippen molar-refractivity contribution in [2.45, 2.75) is 32.7 Å². The Hall–Kier alpha value is -2.45. The van der Waals surface area contributed by atoms with Crippen molar-refractivity contribution in [1.29, 1.82) is 0 Å². The number of hydrogen-bond donors (Lipinski definition) is 2. The zero-order valence-electron chi connectivity index (χ0n) is 11.4. The summed E-state index contributed by atoms with van der Waals surface area (Å²) in [6, 6.07) is -0.905. The Labute approximate surface area is 115 Å². The van der Waals surface area contributed by atoms with Gasteiger partial charge in [0.2, 0.25) is 5.91 Å². The van der Waals surface area contributed by atoms with Crippen molar-refractivity contribution in [3.63, 3.8) is 0 Å². The molecule has 0 unspecified atom stereocenters. The molecule has 0 aromatic carbocycles. The molecule has 20 heavy (non-hydrogen) atoms. The molecule has 1 aromatic rings. The minimum atomic E-state index is -0.905. The molecule has 0 radical (unpaired) electrons. The largest absolute Gasteiger partial charge is 0.464 e. The van der Waals surface area contributed by atoms with E-state index in [0.717, 1.165) is 6.42 Å². The van der Waals surface area contributed by atoms with Crippen molar-refractivity contribution in [1.82, 2.24) is 20.3 Å². The number of amides is 3. The molecule has 0 fully saturated rings. The first-order valence-corrected chi connectivity index (χ1v) is 6.09. The second-order valence-electron chi connectivity index (χ2n) is 4.01. The highest BCUT2D eigenvalue weighted by Crippen LogP contribution is 2.10. The summed E-state index contributed by atoms with van der Waals surface area (Å²) in [7, 11) is 1.26. The van der Waals surface area contributed by atoms with Crippen LogP contribution in [0.1, 0.15) is 35.9 Å². The van der Waals surface area contributed by atoms with Gasteiger partial charge in [-0.1, -0.05) is 18.6 Å². The molecule has 1 heterocycles. The minimum Gasteiger partial charge on any atom is -0.464 e. The fourth-order valence-electron chi connectivity index (χ4n) is 1.66. The Kier molecular flexibility index (Phi) is 5.63. The van der Waals surface area contributed by atoms with E-state index in [2.05, 4.69) is 15.0 Å². The monoisotopic (exact) mass is 283 g/mol. The molecule has 0 aliphatic heterocycles. The number of hydrogen-bond acceptors (Lipinski definition) is 6. The second-order valence-corrected chi connectivity index (χ2v) is 4.01. The molecule has 0 saturated carbocycles. The predicted molar refractivity (Wildman–Crippen MR) is 67.7 cm³/mol. The SMILES string of the molecule is CCCc1c(C(=O)OC)nnn1CCC(=O)NC(N)=O. The van der Waals surface area contributed by atoms with Gasteiger partial charge in [-0.05, 0) is 6.42 Å². The lowest BCUT2D eigenvalue weighted by molar-refractivity contribution is -0.120. The van der Waals surface area contributed by atoms with Crippen LogP contribution in [0.5, 0.6) is 0 Å². The highest BCUT2D eigenvalue weighted by molar-refractivity contribution is 5.93. The van der Waals surface area contributed by atoms with Gasteiger partial charge in [0.25, 0.3) is 0 Å². The van der Waals surface area contributed by atoms with Gasteiger partial charge in [0.15, 0.2) is 5.69 Å². The molecular formula is C11H17N5O4. The summed E-state index contributed by atoms with van der Waals surface area (Å²) in [6.45, 7) is 2.14. The van der Waals surface area contributed by atoms with Gasteiger partial charge in [0.05, 0.1) is 19.3 Å². The number of aryl methyl sites for hydroxylation is 1. The Bertz CT molecular complexity index is 511. The quantitative estimate of drug-likeness (QED) is 0.683. The van der Waals surface area contributed by atoms with Gasteiger partial charge in [0.1, 0.15) is 0 Å². The summed E-state index contributed by atoms with van der Waals surface area (Å²) in [4.78, 5) is 33.4. The van der Waals surface area contributed by atoms with Gasteiger partial charge in [-0.3, -0.25) is 10.1 Å². The normalized spacial score (nSPS) is 10.1. The summed E-state index contributed by atoms with van der Waals surface area (Å²) in [6.07, 6.45) is 1.36. The molecular weight excluding hydrogens is 266 g/mol. The maximum absolute atomic E-state index is 11.5. The molecule has 0 bridgehead atoms. The van der Waals surface area contributed by atoms with E-state index in [4.69, 9.17) is 5.73 Å². The molecule has 1 rings (SSSR count). The van der Waals surface area contributed by atoms with E-state index in [-0.39, 0.29) is 18.7 Å². The Morgan fingerprint density at radius 2 is 2.10 bits per heavy atom.